The van der Waals surface area contributed by atoms with Crippen molar-refractivity contribution in [2.75, 3.05) is 24.1 Å². The van der Waals surface area contributed by atoms with E-state index in [1.54, 1.807) is 6.20 Å². The zero-order chi connectivity index (χ0) is 15.2. The molecular weight excluding hydrogens is 264 g/mol. The molecule has 0 saturated heterocycles. The number of nitrogens with one attached hydrogen (secondary N) is 2. The molecule has 1 aromatic heterocycles. The van der Waals surface area contributed by atoms with Gasteiger partial charge in [-0.3, -0.25) is 9.78 Å². The number of aromatic nitrogens is 1. The zero-order valence-electron chi connectivity index (χ0n) is 12.5. The highest BCUT2D eigenvalue weighted by Gasteiger charge is 2.06. The van der Waals surface area contributed by atoms with Crippen LogP contribution in [0.3, 0.4) is 0 Å². The van der Waals surface area contributed by atoms with Gasteiger partial charge in [0, 0.05) is 31.1 Å². The van der Waals surface area contributed by atoms with Gasteiger partial charge in [-0.1, -0.05) is 13.8 Å². The normalized spacial score (nSPS) is 10.8. The van der Waals surface area contributed by atoms with Gasteiger partial charge in [-0.15, -0.1) is 0 Å². The van der Waals surface area contributed by atoms with E-state index in [0.717, 1.165) is 16.6 Å². The van der Waals surface area contributed by atoms with Crippen molar-refractivity contribution in [3.63, 3.8) is 0 Å². The van der Waals surface area contributed by atoms with Crippen LogP contribution in [-0.2, 0) is 4.79 Å². The second kappa shape index (κ2) is 6.92. The minimum absolute atomic E-state index is 0.0530. The van der Waals surface area contributed by atoms with Crippen LogP contribution >= 0.6 is 0 Å². The highest BCUT2D eigenvalue weighted by molar-refractivity contribution is 5.96. The van der Waals surface area contributed by atoms with Crippen molar-refractivity contribution in [3.05, 3.63) is 30.5 Å². The van der Waals surface area contributed by atoms with Crippen LogP contribution in [0.1, 0.15) is 20.3 Å². The van der Waals surface area contributed by atoms with E-state index in [1.165, 1.54) is 0 Å². The first kappa shape index (κ1) is 15.1. The fraction of sp³-hybridized carbons (Fsp3) is 0.375. The third kappa shape index (κ3) is 4.08. The molecule has 0 fully saturated rings. The topological polar surface area (TPSA) is 80.0 Å². The predicted molar refractivity (Wildman–Crippen MR) is 87.1 cm³/mol. The van der Waals surface area contributed by atoms with Crippen molar-refractivity contribution >= 4 is 28.2 Å². The summed E-state index contributed by atoms with van der Waals surface area (Å²) in [5.74, 6) is 0.516. The summed E-state index contributed by atoms with van der Waals surface area (Å²) in [6.07, 6.45) is 2.17. The smallest absolute Gasteiger partial charge is 0.221 e. The number of nitrogens with zero attached hydrogens (tertiary/aromatic N) is 1. The molecule has 0 aliphatic carbocycles. The Balaban J connectivity index is 1.92. The molecule has 1 heterocycles. The summed E-state index contributed by atoms with van der Waals surface area (Å²) < 4.78 is 0. The zero-order valence-corrected chi connectivity index (χ0v) is 12.5. The molecule has 4 N–H and O–H groups in total. The van der Waals surface area contributed by atoms with Gasteiger partial charge in [0.25, 0.3) is 0 Å². The standard InChI is InChI=1S/C16H22N4O/c1-11(2)10-20-15(21)7-9-19-14-6-5-13-12(16(14)17)4-3-8-18-13/h3-6,8,11,19H,7,9-10,17H2,1-2H3,(H,20,21). The Morgan fingerprint density at radius 1 is 1.33 bits per heavy atom. The molecule has 2 rings (SSSR count). The summed E-state index contributed by atoms with van der Waals surface area (Å²) in [5.41, 5.74) is 8.51. The maximum Gasteiger partial charge on any atom is 0.221 e. The monoisotopic (exact) mass is 286 g/mol. The van der Waals surface area contributed by atoms with Crippen LogP contribution in [0.2, 0.25) is 0 Å². The maximum atomic E-state index is 11.6. The lowest BCUT2D eigenvalue weighted by molar-refractivity contribution is -0.120. The van der Waals surface area contributed by atoms with Gasteiger partial charge in [-0.05, 0) is 30.2 Å². The largest absolute Gasteiger partial charge is 0.397 e. The summed E-state index contributed by atoms with van der Waals surface area (Å²) in [6.45, 7) is 5.41. The molecule has 0 saturated carbocycles. The molecule has 5 nitrogen and oxygen atoms in total. The van der Waals surface area contributed by atoms with Crippen molar-refractivity contribution in [2.24, 2.45) is 5.92 Å². The third-order valence-corrected chi connectivity index (χ3v) is 3.20. The number of hydrogen-bond donors (Lipinski definition) is 3. The number of carbonyl (C=O) groups is 1. The van der Waals surface area contributed by atoms with E-state index in [-0.39, 0.29) is 5.91 Å². The third-order valence-electron chi connectivity index (χ3n) is 3.20. The second-order valence-electron chi connectivity index (χ2n) is 5.47. The van der Waals surface area contributed by atoms with Gasteiger partial charge >= 0.3 is 0 Å². The number of nitrogen functional groups attached to an aromatic ring is 1. The van der Waals surface area contributed by atoms with E-state index in [2.05, 4.69) is 29.5 Å². The average molecular weight is 286 g/mol. The second-order valence-corrected chi connectivity index (χ2v) is 5.47. The SMILES string of the molecule is CC(C)CNC(=O)CCNc1ccc2ncccc2c1N. The Bertz CT molecular complexity index is 625. The summed E-state index contributed by atoms with van der Waals surface area (Å²) >= 11 is 0. The number of nitrogens with two attached hydrogens (primary N) is 1. The number of amides is 1. The lowest BCUT2D eigenvalue weighted by Gasteiger charge is -2.12. The molecular formula is C16H22N4O. The summed E-state index contributed by atoms with van der Waals surface area (Å²) in [6, 6.07) is 7.63. The van der Waals surface area contributed by atoms with Crippen LogP contribution < -0.4 is 16.4 Å². The molecule has 1 amide bonds. The highest BCUT2D eigenvalue weighted by Crippen LogP contribution is 2.27. The van der Waals surface area contributed by atoms with Crippen LogP contribution in [-0.4, -0.2) is 24.0 Å². The first-order valence-electron chi connectivity index (χ1n) is 7.21. The molecule has 2 aromatic rings. The van der Waals surface area contributed by atoms with Crippen molar-refractivity contribution < 1.29 is 4.79 Å². The Morgan fingerprint density at radius 3 is 2.90 bits per heavy atom. The summed E-state index contributed by atoms with van der Waals surface area (Å²) in [7, 11) is 0. The van der Waals surface area contributed by atoms with E-state index in [9.17, 15) is 4.79 Å². The van der Waals surface area contributed by atoms with Crippen molar-refractivity contribution in [1.29, 1.82) is 0 Å². The molecule has 21 heavy (non-hydrogen) atoms. The lowest BCUT2D eigenvalue weighted by Crippen LogP contribution is -2.28. The Labute approximate surface area is 124 Å². The Kier molecular flexibility index (Phi) is 4.98. The number of rotatable bonds is 6. The van der Waals surface area contributed by atoms with E-state index >= 15 is 0 Å². The van der Waals surface area contributed by atoms with E-state index in [4.69, 9.17) is 5.73 Å². The van der Waals surface area contributed by atoms with Gasteiger partial charge in [0.2, 0.25) is 5.91 Å². The van der Waals surface area contributed by atoms with Crippen LogP contribution in [0.15, 0.2) is 30.5 Å². The molecule has 0 spiro atoms. The average Bonchev–Trinajstić information content (AvgIpc) is 2.48. The molecule has 0 unspecified atom stereocenters. The molecule has 0 bridgehead atoms. The van der Waals surface area contributed by atoms with Crippen molar-refractivity contribution in [1.82, 2.24) is 10.3 Å². The van der Waals surface area contributed by atoms with E-state index in [1.807, 2.05) is 24.3 Å². The maximum absolute atomic E-state index is 11.6. The number of carbonyl (C=O) groups excluding carboxylic acids is 1. The molecule has 0 aliphatic rings. The van der Waals surface area contributed by atoms with Gasteiger partial charge in [-0.25, -0.2) is 0 Å². The summed E-state index contributed by atoms with van der Waals surface area (Å²) in [5, 5.41) is 7.03. The highest BCUT2D eigenvalue weighted by atomic mass is 16.1. The summed E-state index contributed by atoms with van der Waals surface area (Å²) in [4.78, 5) is 15.9. The minimum Gasteiger partial charge on any atom is -0.397 e. The van der Waals surface area contributed by atoms with Crippen LogP contribution in [0.5, 0.6) is 0 Å². The fourth-order valence-electron chi connectivity index (χ4n) is 2.05. The van der Waals surface area contributed by atoms with E-state index < -0.39 is 0 Å². The quantitative estimate of drug-likeness (QED) is 0.712. The van der Waals surface area contributed by atoms with Gasteiger partial charge in [0.15, 0.2) is 0 Å². The Hall–Kier alpha value is -2.30. The van der Waals surface area contributed by atoms with Crippen LogP contribution in [0.25, 0.3) is 10.9 Å². The van der Waals surface area contributed by atoms with Crippen molar-refractivity contribution in [3.8, 4) is 0 Å². The number of anilines is 2. The van der Waals surface area contributed by atoms with Gasteiger partial charge in [0.05, 0.1) is 16.9 Å². The number of benzene rings is 1. The molecule has 0 aliphatic heterocycles. The fourth-order valence-corrected chi connectivity index (χ4v) is 2.05. The van der Waals surface area contributed by atoms with Gasteiger partial charge < -0.3 is 16.4 Å². The number of pyridine rings is 1. The van der Waals surface area contributed by atoms with Crippen LogP contribution in [0, 0.1) is 5.92 Å². The van der Waals surface area contributed by atoms with Gasteiger partial charge in [-0.2, -0.15) is 0 Å². The predicted octanol–water partition coefficient (Wildman–Crippen LogP) is 2.39. The van der Waals surface area contributed by atoms with Crippen LogP contribution in [0.4, 0.5) is 11.4 Å². The van der Waals surface area contributed by atoms with E-state index in [0.29, 0.717) is 31.1 Å². The molecule has 5 heteroatoms. The Morgan fingerprint density at radius 2 is 2.14 bits per heavy atom. The first-order valence-corrected chi connectivity index (χ1v) is 7.21. The first-order chi connectivity index (χ1) is 10.1. The molecule has 0 radical (unpaired) electrons. The van der Waals surface area contributed by atoms with Gasteiger partial charge in [0.1, 0.15) is 0 Å². The minimum atomic E-state index is 0.0530. The number of hydrogen-bond acceptors (Lipinski definition) is 4. The van der Waals surface area contributed by atoms with Crippen molar-refractivity contribution in [2.45, 2.75) is 20.3 Å². The molecule has 0 atom stereocenters. The lowest BCUT2D eigenvalue weighted by atomic mass is 10.1. The number of fused-ring (bicyclic) bond motifs is 1. The molecule has 112 valence electrons. The molecule has 1 aromatic carbocycles.